The lowest BCUT2D eigenvalue weighted by atomic mass is 9.89. The fourth-order valence-electron chi connectivity index (χ4n) is 6.28. The van der Waals surface area contributed by atoms with Gasteiger partial charge in [-0.2, -0.15) is 10.2 Å². The summed E-state index contributed by atoms with van der Waals surface area (Å²) in [4.78, 5) is 17.0. The number of hydrogen-bond acceptors (Lipinski definition) is 7. The van der Waals surface area contributed by atoms with E-state index in [0.717, 1.165) is 88.7 Å². The number of urea groups is 1. The maximum atomic E-state index is 12.2. The lowest BCUT2D eigenvalue weighted by molar-refractivity contribution is 0.242. The molecule has 4 heterocycles. The second-order valence-corrected chi connectivity index (χ2v) is 10.1. The average Bonchev–Trinajstić information content (AvgIpc) is 2.89. The maximum absolute atomic E-state index is 12.2. The third-order valence-corrected chi connectivity index (χ3v) is 7.79. The van der Waals surface area contributed by atoms with Gasteiger partial charge >= 0.3 is 6.03 Å². The van der Waals surface area contributed by atoms with Crippen LogP contribution in [-0.2, 0) is 25.7 Å². The molecule has 4 aliphatic rings. The highest BCUT2D eigenvalue weighted by molar-refractivity contribution is 5.90. The number of carbonyl (C=O) groups is 1. The Morgan fingerprint density at radius 3 is 1.58 bits per heavy atom. The number of aromatic hydroxyl groups is 2. The van der Waals surface area contributed by atoms with Gasteiger partial charge in [-0.25, -0.2) is 15.6 Å². The van der Waals surface area contributed by atoms with Gasteiger partial charge in [-0.3, -0.25) is 0 Å². The van der Waals surface area contributed by atoms with E-state index >= 15 is 0 Å². The number of rotatable bonds is 4. The van der Waals surface area contributed by atoms with Crippen molar-refractivity contribution >= 4 is 29.8 Å². The fraction of sp³-hybridized carbons (Fsp3) is 0.444. The molecule has 36 heavy (non-hydrogen) atoms. The first-order chi connectivity index (χ1) is 17.6. The van der Waals surface area contributed by atoms with Gasteiger partial charge in [0.05, 0.1) is 12.4 Å². The number of nitrogens with one attached hydrogen (secondary N) is 2. The van der Waals surface area contributed by atoms with Gasteiger partial charge in [0.25, 0.3) is 0 Å². The highest BCUT2D eigenvalue weighted by Crippen LogP contribution is 2.42. The van der Waals surface area contributed by atoms with E-state index in [9.17, 15) is 15.0 Å². The quantitative estimate of drug-likeness (QED) is 0.390. The van der Waals surface area contributed by atoms with Crippen molar-refractivity contribution in [3.63, 3.8) is 0 Å². The Morgan fingerprint density at radius 2 is 1.14 bits per heavy atom. The van der Waals surface area contributed by atoms with Crippen LogP contribution in [0.1, 0.15) is 59.1 Å². The molecule has 2 aromatic rings. The summed E-state index contributed by atoms with van der Waals surface area (Å²) in [6.45, 7) is 4.16. The normalized spacial score (nSPS) is 18.3. The largest absolute Gasteiger partial charge is 0.507 e. The molecule has 0 unspecified atom stereocenters. The minimum Gasteiger partial charge on any atom is -0.507 e. The van der Waals surface area contributed by atoms with Crippen molar-refractivity contribution in [3.8, 4) is 11.5 Å². The van der Waals surface area contributed by atoms with Crippen LogP contribution < -0.4 is 20.7 Å². The number of amides is 2. The Kier molecular flexibility index (Phi) is 5.91. The minimum atomic E-state index is -0.600. The Morgan fingerprint density at radius 1 is 0.722 bits per heavy atom. The number of carbonyl (C=O) groups excluding carboxylic acids is 1. The predicted octanol–water partition coefficient (Wildman–Crippen LogP) is 3.16. The molecule has 0 radical (unpaired) electrons. The standard InChI is InChI=1S/C27H32N6O3/c34-25-19(13-17-5-1-9-32-11-3-7-21(25)23(17)32)15-28-30-27(36)31-29-16-20-14-18-6-2-10-33-12-4-8-22(24(18)33)26(20)35/h13-16,34-35H,1-12H2,(H2,30,31,36)/b28-15+,29-16+. The second-order valence-electron chi connectivity index (χ2n) is 10.1. The minimum absolute atomic E-state index is 0.245. The SMILES string of the molecule is O=C(N/N=C/c1cc2c3c(c1O)CCCN3CCC2)N/N=C/c1cc2c3c(c1O)CCCN3CCC2. The van der Waals surface area contributed by atoms with Crippen LogP contribution in [0, 0.1) is 0 Å². The van der Waals surface area contributed by atoms with E-state index in [0.29, 0.717) is 11.1 Å². The molecule has 0 spiro atoms. The lowest BCUT2D eigenvalue weighted by Gasteiger charge is -2.37. The Bertz CT molecular complexity index is 1170. The highest BCUT2D eigenvalue weighted by Gasteiger charge is 2.28. The molecule has 0 saturated heterocycles. The zero-order valence-corrected chi connectivity index (χ0v) is 20.4. The van der Waals surface area contributed by atoms with Crippen LogP contribution in [0.4, 0.5) is 16.2 Å². The van der Waals surface area contributed by atoms with Crippen LogP contribution in [-0.4, -0.2) is 54.9 Å². The molecule has 0 aliphatic carbocycles. The third-order valence-electron chi connectivity index (χ3n) is 7.79. The summed E-state index contributed by atoms with van der Waals surface area (Å²) in [6, 6.07) is 3.34. The van der Waals surface area contributed by atoms with Crippen LogP contribution in [0.25, 0.3) is 0 Å². The summed E-state index contributed by atoms with van der Waals surface area (Å²) in [5, 5.41) is 29.6. The summed E-state index contributed by atoms with van der Waals surface area (Å²) >= 11 is 0. The lowest BCUT2D eigenvalue weighted by Crippen LogP contribution is -2.34. The predicted molar refractivity (Wildman–Crippen MR) is 141 cm³/mol. The van der Waals surface area contributed by atoms with E-state index < -0.39 is 6.03 Å². The second kappa shape index (κ2) is 9.37. The van der Waals surface area contributed by atoms with Crippen LogP contribution in [0.5, 0.6) is 11.5 Å². The average molecular weight is 489 g/mol. The summed E-state index contributed by atoms with van der Waals surface area (Å²) in [6.07, 6.45) is 10.9. The number of benzene rings is 2. The van der Waals surface area contributed by atoms with E-state index in [2.05, 4.69) is 30.9 Å². The first-order valence-electron chi connectivity index (χ1n) is 13.0. The molecule has 2 amide bonds. The van der Waals surface area contributed by atoms with Gasteiger partial charge in [0.1, 0.15) is 11.5 Å². The Labute approximate surface area is 210 Å². The first-order valence-corrected chi connectivity index (χ1v) is 13.0. The molecular formula is C27H32N6O3. The monoisotopic (exact) mass is 488 g/mol. The molecule has 4 N–H and O–H groups in total. The molecule has 6 rings (SSSR count). The molecule has 9 nitrogen and oxygen atoms in total. The fourth-order valence-corrected chi connectivity index (χ4v) is 6.28. The van der Waals surface area contributed by atoms with Gasteiger partial charge in [0.2, 0.25) is 0 Å². The summed E-state index contributed by atoms with van der Waals surface area (Å²) in [5.74, 6) is 0.490. The van der Waals surface area contributed by atoms with Crippen molar-refractivity contribution in [2.24, 2.45) is 10.2 Å². The molecule has 0 aromatic heterocycles. The molecule has 9 heteroatoms. The van der Waals surface area contributed by atoms with Gasteiger partial charge in [-0.15, -0.1) is 0 Å². The first kappa shape index (κ1) is 22.7. The number of phenolic OH excluding ortho intramolecular Hbond substituents is 2. The van der Waals surface area contributed by atoms with Crippen molar-refractivity contribution in [1.82, 2.24) is 10.9 Å². The van der Waals surface area contributed by atoms with Gasteiger partial charge < -0.3 is 20.0 Å². The number of hydrogen-bond donors (Lipinski definition) is 4. The van der Waals surface area contributed by atoms with Crippen LogP contribution in [0.2, 0.25) is 0 Å². The van der Waals surface area contributed by atoms with Crippen molar-refractivity contribution in [1.29, 1.82) is 0 Å². The number of aryl methyl sites for hydroxylation is 2. The van der Waals surface area contributed by atoms with E-state index in [1.807, 2.05) is 12.1 Å². The number of nitrogens with zero attached hydrogens (tertiary/aromatic N) is 4. The molecule has 0 bridgehead atoms. The maximum Gasteiger partial charge on any atom is 0.355 e. The summed E-state index contributed by atoms with van der Waals surface area (Å²) in [7, 11) is 0. The third kappa shape index (κ3) is 4.02. The van der Waals surface area contributed by atoms with Gasteiger partial charge in [0, 0.05) is 59.8 Å². The van der Waals surface area contributed by atoms with Gasteiger partial charge in [-0.1, -0.05) is 0 Å². The highest BCUT2D eigenvalue weighted by atomic mass is 16.3. The Balaban J connectivity index is 1.12. The van der Waals surface area contributed by atoms with E-state index in [1.165, 1.54) is 34.9 Å². The Hall–Kier alpha value is -3.75. The van der Waals surface area contributed by atoms with Crippen molar-refractivity contribution in [3.05, 3.63) is 45.5 Å². The molecule has 0 saturated carbocycles. The van der Waals surface area contributed by atoms with E-state index in [4.69, 9.17) is 0 Å². The smallest absolute Gasteiger partial charge is 0.355 e. The van der Waals surface area contributed by atoms with E-state index in [-0.39, 0.29) is 11.5 Å². The molecule has 4 aliphatic heterocycles. The number of phenols is 2. The molecule has 0 atom stereocenters. The molecular weight excluding hydrogens is 456 g/mol. The van der Waals surface area contributed by atoms with Crippen LogP contribution in [0.15, 0.2) is 22.3 Å². The topological polar surface area (TPSA) is 113 Å². The van der Waals surface area contributed by atoms with Crippen molar-refractivity contribution < 1.29 is 15.0 Å². The van der Waals surface area contributed by atoms with Gasteiger partial charge in [0.15, 0.2) is 0 Å². The zero-order chi connectivity index (χ0) is 24.6. The number of hydrazone groups is 2. The molecule has 188 valence electrons. The van der Waals surface area contributed by atoms with Crippen molar-refractivity contribution in [2.75, 3.05) is 36.0 Å². The summed E-state index contributed by atoms with van der Waals surface area (Å²) < 4.78 is 0. The van der Waals surface area contributed by atoms with E-state index in [1.54, 1.807) is 0 Å². The molecule has 0 fully saturated rings. The number of anilines is 2. The van der Waals surface area contributed by atoms with Crippen molar-refractivity contribution in [2.45, 2.75) is 51.4 Å². The summed E-state index contributed by atoms with van der Waals surface area (Å²) in [5.41, 5.74) is 12.8. The molecule has 2 aromatic carbocycles. The van der Waals surface area contributed by atoms with Gasteiger partial charge in [-0.05, 0) is 74.6 Å². The van der Waals surface area contributed by atoms with Crippen LogP contribution >= 0.6 is 0 Å². The zero-order valence-electron chi connectivity index (χ0n) is 20.4. The van der Waals surface area contributed by atoms with Crippen LogP contribution in [0.3, 0.4) is 0 Å².